The van der Waals surface area contributed by atoms with Crippen LogP contribution in [0.4, 0.5) is 32.9 Å². The molecule has 94 heavy (non-hydrogen) atoms. The predicted molar refractivity (Wildman–Crippen MR) is 381 cm³/mol. The molecule has 2 aliphatic carbocycles. The fourth-order valence-corrected chi connectivity index (χ4v) is 11.5. The van der Waals surface area contributed by atoms with Crippen LogP contribution in [0, 0.1) is 0 Å². The Morgan fingerprint density at radius 3 is 1.54 bits per heavy atom. The minimum Gasteiger partial charge on any atom is -0.444 e. The van der Waals surface area contributed by atoms with E-state index >= 15 is 0 Å². The summed E-state index contributed by atoms with van der Waals surface area (Å²) in [6.07, 6.45) is 22.6. The van der Waals surface area contributed by atoms with Crippen molar-refractivity contribution in [3.05, 3.63) is 156 Å². The lowest BCUT2D eigenvalue weighted by molar-refractivity contribution is -0.112. The van der Waals surface area contributed by atoms with Gasteiger partial charge in [0.25, 0.3) is 0 Å². The van der Waals surface area contributed by atoms with Gasteiger partial charge >= 0.3 is 12.2 Å². The summed E-state index contributed by atoms with van der Waals surface area (Å²) in [5.41, 5.74) is 12.3. The largest absolute Gasteiger partial charge is 0.444 e. The van der Waals surface area contributed by atoms with Crippen molar-refractivity contribution in [3.8, 4) is 22.5 Å². The highest BCUT2D eigenvalue weighted by Gasteiger charge is 2.35. The highest BCUT2D eigenvalue weighted by molar-refractivity contribution is 9.09. The highest BCUT2D eigenvalue weighted by Crippen LogP contribution is 2.36. The zero-order valence-corrected chi connectivity index (χ0v) is 57.4. The Morgan fingerprint density at radius 1 is 0.649 bits per heavy atom. The molecular weight excluding hydrogens is 1320 g/mol. The molecule has 2 aliphatic rings. The average Bonchev–Trinajstić information content (AvgIpc) is 1.70. The molecular formula is C69H85BrCl3N15O6. The zero-order chi connectivity index (χ0) is 66.8. The fourth-order valence-electron chi connectivity index (χ4n) is 10.8. The van der Waals surface area contributed by atoms with Crippen molar-refractivity contribution in [2.24, 2.45) is 0 Å². The quantitative estimate of drug-likeness (QED) is 0.0265. The van der Waals surface area contributed by atoms with Gasteiger partial charge in [-0.15, -0.1) is 0 Å². The molecule has 2 saturated carbocycles. The van der Waals surface area contributed by atoms with Crippen LogP contribution in [0.5, 0.6) is 0 Å². The number of amides is 3. The number of anilines is 4. The summed E-state index contributed by atoms with van der Waals surface area (Å²) >= 11 is 21.1. The summed E-state index contributed by atoms with van der Waals surface area (Å²) in [7, 11) is 3.87. The number of nitrogens with one attached hydrogen (secondary N) is 5. The van der Waals surface area contributed by atoms with Gasteiger partial charge in [-0.05, 0) is 161 Å². The van der Waals surface area contributed by atoms with Gasteiger partial charge in [0.15, 0.2) is 0 Å². The standard InChI is InChI=1S/C35H43ClN8O3.C29H34ClN7O2.C4H4BrClO.CH4/c1-35(2,3)47-34(46)44(22-25-16-15-24(19-37-25)40-31(45)14-9-17-43(4)5)26-11-8-10-23(18-26)41-33-39-21-29(36)32(42-33)28-20-38-30-13-7-6-12-27(28)30;1-29(2,3)39-28(38)37(17-20-12-11-18(31)14-32-20)21-8-6-7-19(13-21)35-27-34-16-24(30)26(36-27)23-15-33-25-10-5-4-9-22(23)25;5-3-1-2-4(6)7;/h6-7,9,12-16,19-21,23,26,38H,8,10-11,17-18,22H2,1-5H3,(H,40,45)(H,39,41,42);4-5,9-12,14-16,19,21,33H,6-8,13,17,31H2,1-3H3,(H,34,35,36);1-2H,3H2;1H4/b14-9+;;2-1+;/t23-,26+;19-,21+;;/m11../s1. The van der Waals surface area contributed by atoms with E-state index in [0.29, 0.717) is 75.2 Å². The van der Waals surface area contributed by atoms with Crippen LogP contribution in [0.3, 0.4) is 0 Å². The molecule has 8 aromatic rings. The number of para-hydroxylation sites is 2. The second-order valence-electron chi connectivity index (χ2n) is 25.0. The number of H-pyrrole nitrogens is 2. The molecule has 6 aromatic heterocycles. The summed E-state index contributed by atoms with van der Waals surface area (Å²) in [5.74, 6) is 0.769. The Balaban J connectivity index is 0.000000242. The van der Waals surface area contributed by atoms with Crippen LogP contribution in [-0.2, 0) is 32.2 Å². The third-order valence-corrected chi connectivity index (χ3v) is 16.0. The summed E-state index contributed by atoms with van der Waals surface area (Å²) < 4.78 is 11.6. The number of nitrogens with zero attached hydrogens (tertiary/aromatic N) is 9. The van der Waals surface area contributed by atoms with Crippen LogP contribution in [0.1, 0.15) is 112 Å². The summed E-state index contributed by atoms with van der Waals surface area (Å²) in [6, 6.07) is 23.3. The fraction of sp³-hybridized carbons (Fsp3) is 0.391. The Morgan fingerprint density at radius 2 is 1.13 bits per heavy atom. The maximum Gasteiger partial charge on any atom is 0.410 e. The molecule has 0 saturated heterocycles. The van der Waals surface area contributed by atoms with Gasteiger partial charge in [0.05, 0.1) is 82.1 Å². The third kappa shape index (κ3) is 22.0. The summed E-state index contributed by atoms with van der Waals surface area (Å²) in [4.78, 5) is 88.6. The van der Waals surface area contributed by atoms with E-state index in [0.717, 1.165) is 83.6 Å². The summed E-state index contributed by atoms with van der Waals surface area (Å²) in [5, 5.41) is 13.1. The number of pyridine rings is 2. The molecule has 7 N–H and O–H groups in total. The molecule has 0 spiro atoms. The number of ether oxygens (including phenoxy) is 2. The van der Waals surface area contributed by atoms with Gasteiger partial charge in [0.1, 0.15) is 11.2 Å². The van der Waals surface area contributed by atoms with E-state index in [9.17, 15) is 19.2 Å². The molecule has 0 bridgehead atoms. The Kier molecular flexibility index (Phi) is 26.7. The van der Waals surface area contributed by atoms with E-state index in [1.807, 2.05) is 134 Å². The molecule has 21 nitrogen and oxygen atoms in total. The van der Waals surface area contributed by atoms with Crippen molar-refractivity contribution in [1.82, 2.24) is 54.6 Å². The van der Waals surface area contributed by atoms with Crippen LogP contribution in [0.2, 0.25) is 10.0 Å². The number of carbonyl (C=O) groups excluding carboxylic acids is 4. The van der Waals surface area contributed by atoms with E-state index in [-0.39, 0.29) is 50.1 Å². The van der Waals surface area contributed by atoms with Crippen molar-refractivity contribution in [3.63, 3.8) is 0 Å². The SMILES string of the molecule is C.CC(C)(C)OC(=O)N(Cc1ccc(N)cn1)[C@H]1CCC[C@@H](Nc2ncc(Cl)c(-c3c[nH]c4ccccc34)n2)C1.CN(C)C/C=C/C(=O)Nc1ccc(CN(C(=O)OC(C)(C)C)[C@H]2CCC[C@@H](Nc3ncc(Cl)c(-c4c[nH]c5ccccc45)n3)C2)nc1.O=C(Cl)/C=C/CBr. The number of carbonyl (C=O) groups is 4. The Bertz CT molecular complexity index is 3870. The first kappa shape index (κ1) is 73.3. The minimum atomic E-state index is -0.654. The number of benzene rings is 2. The van der Waals surface area contributed by atoms with Gasteiger partial charge in [-0.2, -0.15) is 0 Å². The second kappa shape index (κ2) is 34.3. The first-order chi connectivity index (χ1) is 44.4. The van der Waals surface area contributed by atoms with Crippen LogP contribution in [0.25, 0.3) is 44.3 Å². The number of nitrogens with two attached hydrogens (primary N) is 1. The van der Waals surface area contributed by atoms with Gasteiger partial charge in [0.2, 0.25) is 23.0 Å². The van der Waals surface area contributed by atoms with E-state index in [4.69, 9.17) is 60.0 Å². The lowest BCUT2D eigenvalue weighted by Gasteiger charge is -2.38. The first-order valence-corrected chi connectivity index (χ1v) is 33.0. The van der Waals surface area contributed by atoms with E-state index in [1.165, 1.54) is 12.2 Å². The summed E-state index contributed by atoms with van der Waals surface area (Å²) in [6.45, 7) is 12.5. The molecule has 2 fully saturated rings. The van der Waals surface area contributed by atoms with Crippen molar-refractivity contribution < 1.29 is 28.7 Å². The number of rotatable bonds is 18. The molecule has 0 radical (unpaired) electrons. The Hall–Kier alpha value is -8.15. The number of halogens is 4. The number of aromatic amines is 2. The number of hydrogen-bond acceptors (Lipinski definition) is 16. The maximum absolute atomic E-state index is 13.6. The van der Waals surface area contributed by atoms with Crippen molar-refractivity contribution in [2.75, 3.05) is 47.7 Å². The molecule has 10 rings (SSSR count). The topological polar surface area (TPSA) is 267 Å². The number of allylic oxidation sites excluding steroid dienone is 2. The molecule has 4 atom stereocenters. The predicted octanol–water partition coefficient (Wildman–Crippen LogP) is 15.6. The molecule has 2 aromatic carbocycles. The lowest BCUT2D eigenvalue weighted by Crippen LogP contribution is -2.47. The molecule has 0 aliphatic heterocycles. The van der Waals surface area contributed by atoms with E-state index in [2.05, 4.69) is 61.8 Å². The van der Waals surface area contributed by atoms with Gasteiger partial charge < -0.3 is 46.0 Å². The molecule has 6 heterocycles. The van der Waals surface area contributed by atoms with Crippen molar-refractivity contribution >= 4 is 119 Å². The maximum atomic E-state index is 13.6. The zero-order valence-electron chi connectivity index (χ0n) is 53.6. The van der Waals surface area contributed by atoms with E-state index in [1.54, 1.807) is 58.9 Å². The monoisotopic (exact) mass is 1400 g/mol. The molecule has 25 heteroatoms. The van der Waals surface area contributed by atoms with Gasteiger partial charge in [0, 0.05) is 87.4 Å². The third-order valence-electron chi connectivity index (χ3n) is 15.0. The minimum absolute atomic E-state index is 0. The average molecular weight is 1410 g/mol. The number of hydrogen-bond donors (Lipinski definition) is 6. The van der Waals surface area contributed by atoms with Gasteiger partial charge in [-0.25, -0.2) is 29.5 Å². The normalized spacial score (nSPS) is 16.5. The molecule has 500 valence electrons. The molecule has 3 amide bonds. The lowest BCUT2D eigenvalue weighted by atomic mass is 9.90. The number of likely N-dealkylation sites (N-methyl/N-ethyl adjacent to an activating group) is 1. The van der Waals surface area contributed by atoms with Crippen molar-refractivity contribution in [1.29, 1.82) is 0 Å². The van der Waals surface area contributed by atoms with Crippen LogP contribution in [-0.4, -0.2) is 139 Å². The number of alkyl halides is 1. The number of fused-ring (bicyclic) bond motifs is 2. The second-order valence-corrected chi connectivity index (χ2v) is 26.8. The number of aromatic nitrogens is 8. The van der Waals surface area contributed by atoms with Crippen LogP contribution < -0.4 is 21.7 Å². The van der Waals surface area contributed by atoms with E-state index < -0.39 is 22.5 Å². The smallest absolute Gasteiger partial charge is 0.410 e. The highest BCUT2D eigenvalue weighted by atomic mass is 79.9. The van der Waals surface area contributed by atoms with Crippen molar-refractivity contribution in [2.45, 2.75) is 149 Å². The van der Waals surface area contributed by atoms with Crippen LogP contribution >= 0.6 is 50.7 Å². The molecule has 0 unspecified atom stereocenters. The van der Waals surface area contributed by atoms with Crippen LogP contribution in [0.15, 0.2) is 134 Å². The number of nitrogen functional groups attached to an aromatic ring is 1. The Labute approximate surface area is 573 Å². The van der Waals surface area contributed by atoms with Gasteiger partial charge in [-0.1, -0.05) is 95.1 Å². The first-order valence-electron chi connectivity index (χ1n) is 30.8. The van der Waals surface area contributed by atoms with Gasteiger partial charge in [-0.3, -0.25) is 29.4 Å².